The predicted molar refractivity (Wildman–Crippen MR) is 79.1 cm³/mol. The van der Waals surface area contributed by atoms with Gasteiger partial charge in [-0.05, 0) is 38.1 Å². The van der Waals surface area contributed by atoms with Crippen molar-refractivity contribution in [3.05, 3.63) is 29.3 Å². The van der Waals surface area contributed by atoms with Gasteiger partial charge in [-0.2, -0.15) is 0 Å². The van der Waals surface area contributed by atoms with E-state index in [1.54, 1.807) is 13.8 Å². The van der Waals surface area contributed by atoms with Crippen LogP contribution in [0.1, 0.15) is 13.8 Å². The van der Waals surface area contributed by atoms with Crippen LogP contribution in [0.25, 0.3) is 0 Å². The second-order valence-electron chi connectivity index (χ2n) is 3.67. The van der Waals surface area contributed by atoms with Crippen molar-refractivity contribution in [2.75, 3.05) is 13.2 Å². The fraction of sp³-hybridized carbons (Fsp3) is 0.455. The molecule has 0 bridgehead atoms. The molecule has 1 aromatic rings. The fourth-order valence-electron chi connectivity index (χ4n) is 1.42. The molecule has 0 saturated heterocycles. The number of rotatable bonds is 7. The summed E-state index contributed by atoms with van der Waals surface area (Å²) in [5.41, 5.74) is 0. The normalized spacial score (nSPS) is 14.2. The van der Waals surface area contributed by atoms with Crippen molar-refractivity contribution in [3.63, 3.8) is 0 Å². The summed E-state index contributed by atoms with van der Waals surface area (Å²) in [7, 11) is -8.03. The van der Waals surface area contributed by atoms with Gasteiger partial charge >= 0.3 is 7.60 Å². The molecule has 1 aromatic carbocycles. The van der Waals surface area contributed by atoms with Crippen molar-refractivity contribution in [2.45, 2.75) is 23.2 Å². The molecule has 0 fully saturated rings. The highest BCUT2D eigenvalue weighted by Gasteiger charge is 2.44. The summed E-state index contributed by atoms with van der Waals surface area (Å²) in [6.07, 6.45) is 0. The maximum absolute atomic E-state index is 12.4. The van der Waals surface area contributed by atoms with E-state index in [1.165, 1.54) is 24.3 Å². The molecule has 20 heavy (non-hydrogen) atoms. The molecule has 0 heterocycles. The molecule has 1 unspecified atom stereocenters. The second kappa shape index (κ2) is 7.25. The van der Waals surface area contributed by atoms with Gasteiger partial charge in [0, 0.05) is 5.02 Å². The van der Waals surface area contributed by atoms with E-state index >= 15 is 0 Å². The highest BCUT2D eigenvalue weighted by atomic mass is 35.5. The molecule has 0 aromatic heterocycles. The smallest absolute Gasteiger partial charge is 0.307 e. The van der Waals surface area contributed by atoms with Crippen molar-refractivity contribution in [3.8, 4) is 0 Å². The number of hydrogen-bond donors (Lipinski definition) is 0. The van der Waals surface area contributed by atoms with Crippen molar-refractivity contribution in [1.82, 2.24) is 0 Å². The standard InChI is InChI=1S/C11H15Cl2O5PS/c1-3-17-19(14,18-4-2)11(13)20(15,16)10-7-5-9(12)6-8-10/h5-8,11H,3-4H2,1-2H3. The van der Waals surface area contributed by atoms with Gasteiger partial charge in [-0.25, -0.2) is 8.42 Å². The highest BCUT2D eigenvalue weighted by Crippen LogP contribution is 2.57. The molecular weight excluding hydrogens is 346 g/mol. The first-order valence-electron chi connectivity index (χ1n) is 5.80. The largest absolute Gasteiger partial charge is 0.364 e. The summed E-state index contributed by atoms with van der Waals surface area (Å²) in [5.74, 6) is 0. The molecule has 0 amide bonds. The summed E-state index contributed by atoms with van der Waals surface area (Å²) >= 11 is 11.6. The quantitative estimate of drug-likeness (QED) is 0.544. The van der Waals surface area contributed by atoms with E-state index in [4.69, 9.17) is 32.2 Å². The van der Waals surface area contributed by atoms with E-state index < -0.39 is 21.9 Å². The molecule has 114 valence electrons. The summed E-state index contributed by atoms with van der Waals surface area (Å²) < 4.78 is 45.2. The van der Waals surface area contributed by atoms with E-state index in [9.17, 15) is 13.0 Å². The Morgan fingerprint density at radius 1 is 1.15 bits per heavy atom. The van der Waals surface area contributed by atoms with Crippen LogP contribution < -0.4 is 0 Å². The van der Waals surface area contributed by atoms with Gasteiger partial charge in [0.25, 0.3) is 0 Å². The Kier molecular flexibility index (Phi) is 6.51. The average Bonchev–Trinajstić information content (AvgIpc) is 2.39. The number of halogens is 2. The van der Waals surface area contributed by atoms with Crippen LogP contribution in [0.3, 0.4) is 0 Å². The lowest BCUT2D eigenvalue weighted by Gasteiger charge is -2.21. The van der Waals surface area contributed by atoms with Gasteiger partial charge < -0.3 is 9.05 Å². The fourth-order valence-corrected chi connectivity index (χ4v) is 6.05. The average molecular weight is 361 g/mol. The topological polar surface area (TPSA) is 69.7 Å². The molecule has 5 nitrogen and oxygen atoms in total. The lowest BCUT2D eigenvalue weighted by Crippen LogP contribution is -2.19. The zero-order chi connectivity index (χ0) is 15.4. The third-order valence-corrected chi connectivity index (χ3v) is 8.72. The van der Waals surface area contributed by atoms with Crippen LogP contribution in [0.2, 0.25) is 5.02 Å². The van der Waals surface area contributed by atoms with Crippen LogP contribution in [0, 0.1) is 0 Å². The van der Waals surface area contributed by atoms with Crippen LogP contribution in [0.4, 0.5) is 0 Å². The number of benzene rings is 1. The Hall–Kier alpha value is -0.100. The molecular formula is C11H15Cl2O5PS. The Balaban J connectivity index is 3.19. The summed E-state index contributed by atoms with van der Waals surface area (Å²) in [4.78, 5) is -0.0958. The van der Waals surface area contributed by atoms with E-state index in [0.717, 1.165) is 0 Å². The monoisotopic (exact) mass is 360 g/mol. The zero-order valence-corrected chi connectivity index (χ0v) is 14.2. The van der Waals surface area contributed by atoms with Gasteiger partial charge in [0.15, 0.2) is 0 Å². The summed E-state index contributed by atoms with van der Waals surface area (Å²) in [6, 6.07) is 5.39. The molecule has 1 atom stereocenters. The maximum Gasteiger partial charge on any atom is 0.364 e. The van der Waals surface area contributed by atoms with E-state index in [1.807, 2.05) is 0 Å². The van der Waals surface area contributed by atoms with Crippen molar-refractivity contribution >= 4 is 40.6 Å². The van der Waals surface area contributed by atoms with Crippen molar-refractivity contribution < 1.29 is 22.0 Å². The van der Waals surface area contributed by atoms with Crippen LogP contribution in [-0.2, 0) is 23.4 Å². The first-order valence-corrected chi connectivity index (χ1v) is 9.77. The first-order chi connectivity index (χ1) is 9.28. The van der Waals surface area contributed by atoms with Gasteiger partial charge in [0.05, 0.1) is 18.1 Å². The van der Waals surface area contributed by atoms with Crippen molar-refractivity contribution in [2.24, 2.45) is 0 Å². The minimum atomic E-state index is -4.06. The van der Waals surface area contributed by atoms with Gasteiger partial charge in [-0.1, -0.05) is 23.2 Å². The predicted octanol–water partition coefficient (Wildman–Crippen LogP) is 3.90. The third-order valence-electron chi connectivity index (χ3n) is 2.26. The van der Waals surface area contributed by atoms with E-state index in [2.05, 4.69) is 0 Å². The summed E-state index contributed by atoms with van der Waals surface area (Å²) in [5, 5.41) is 0.382. The molecule has 0 spiro atoms. The summed E-state index contributed by atoms with van der Waals surface area (Å²) in [6.45, 7) is 3.20. The third kappa shape index (κ3) is 3.97. The molecule has 0 aliphatic heterocycles. The lowest BCUT2D eigenvalue weighted by molar-refractivity contribution is 0.222. The Morgan fingerprint density at radius 2 is 1.60 bits per heavy atom. The number of hydrogen-bond acceptors (Lipinski definition) is 5. The Bertz CT molecular complexity index is 577. The van der Waals surface area contributed by atoms with Gasteiger partial charge in [-0.3, -0.25) is 4.57 Å². The van der Waals surface area contributed by atoms with Crippen LogP contribution >= 0.6 is 30.8 Å². The van der Waals surface area contributed by atoms with E-state index in [0.29, 0.717) is 5.02 Å². The van der Waals surface area contributed by atoms with Crippen LogP contribution in [0.15, 0.2) is 29.2 Å². The maximum atomic E-state index is 12.4. The number of sulfone groups is 1. The van der Waals surface area contributed by atoms with Crippen LogP contribution in [0.5, 0.6) is 0 Å². The number of alkyl halides is 1. The van der Waals surface area contributed by atoms with E-state index in [-0.39, 0.29) is 18.1 Å². The first kappa shape index (κ1) is 18.0. The second-order valence-corrected chi connectivity index (χ2v) is 9.60. The molecule has 0 aliphatic rings. The molecule has 0 aliphatic carbocycles. The molecule has 1 rings (SSSR count). The Labute approximate surface area is 128 Å². The lowest BCUT2D eigenvalue weighted by atomic mass is 10.4. The van der Waals surface area contributed by atoms with Crippen LogP contribution in [-0.4, -0.2) is 26.1 Å². The molecule has 0 radical (unpaired) electrons. The molecule has 9 heteroatoms. The molecule has 0 N–H and O–H groups in total. The zero-order valence-electron chi connectivity index (χ0n) is 11.0. The minimum absolute atomic E-state index is 0.0244. The van der Waals surface area contributed by atoms with Crippen molar-refractivity contribution in [1.29, 1.82) is 0 Å². The molecule has 0 saturated carbocycles. The SMILES string of the molecule is CCOP(=O)(OCC)C(Cl)S(=O)(=O)c1ccc(Cl)cc1. The van der Waals surface area contributed by atoms with Gasteiger partial charge in [-0.15, -0.1) is 0 Å². The highest BCUT2D eigenvalue weighted by molar-refractivity contribution is 8.00. The Morgan fingerprint density at radius 3 is 2.00 bits per heavy atom. The minimum Gasteiger partial charge on any atom is -0.307 e. The van der Waals surface area contributed by atoms with Gasteiger partial charge in [0.2, 0.25) is 14.3 Å². The van der Waals surface area contributed by atoms with Gasteiger partial charge in [0.1, 0.15) is 0 Å².